The van der Waals surface area contributed by atoms with Crippen molar-refractivity contribution in [3.63, 3.8) is 0 Å². The molecule has 1 aromatic rings. The van der Waals surface area contributed by atoms with Gasteiger partial charge in [0.15, 0.2) is 0 Å². The molecule has 3 heterocycles. The van der Waals surface area contributed by atoms with E-state index in [2.05, 4.69) is 20.6 Å². The van der Waals surface area contributed by atoms with Crippen LogP contribution in [0, 0.1) is 5.41 Å². The number of nitrogens with zero attached hydrogens (tertiary/aromatic N) is 2. The Kier molecular flexibility index (Phi) is 2.96. The van der Waals surface area contributed by atoms with E-state index in [1.165, 1.54) is 50.4 Å². The average Bonchev–Trinajstić information content (AvgIpc) is 2.94. The molecule has 3 rings (SSSR count). The van der Waals surface area contributed by atoms with Gasteiger partial charge in [-0.3, -0.25) is 4.90 Å². The van der Waals surface area contributed by atoms with Crippen molar-refractivity contribution in [2.75, 3.05) is 26.2 Å². The molecule has 2 aliphatic heterocycles. The number of aromatic nitrogens is 1. The standard InChI is InChI=1S/C12H19N3S/c1-4-13-10-12(1)2-6-15(7-3-12)9-11-14-5-8-16-11/h5,8,13H,1-4,6-7,9-10H2. The topological polar surface area (TPSA) is 28.2 Å². The highest BCUT2D eigenvalue weighted by Crippen LogP contribution is 2.37. The predicted molar refractivity (Wildman–Crippen MR) is 66.5 cm³/mol. The van der Waals surface area contributed by atoms with Crippen LogP contribution >= 0.6 is 11.3 Å². The minimum atomic E-state index is 0.638. The second-order valence-electron chi connectivity index (χ2n) is 5.13. The van der Waals surface area contributed by atoms with Crippen LogP contribution in [0.1, 0.15) is 24.3 Å². The highest BCUT2D eigenvalue weighted by molar-refractivity contribution is 7.09. The molecule has 0 amide bonds. The Hall–Kier alpha value is -0.450. The summed E-state index contributed by atoms with van der Waals surface area (Å²) in [5.74, 6) is 0. The van der Waals surface area contributed by atoms with Crippen LogP contribution in [0.3, 0.4) is 0 Å². The molecule has 1 spiro atoms. The van der Waals surface area contributed by atoms with Crippen molar-refractivity contribution in [1.29, 1.82) is 0 Å². The Balaban J connectivity index is 1.54. The van der Waals surface area contributed by atoms with Crippen molar-refractivity contribution in [3.05, 3.63) is 16.6 Å². The Morgan fingerprint density at radius 2 is 2.25 bits per heavy atom. The maximum atomic E-state index is 4.36. The number of hydrogen-bond acceptors (Lipinski definition) is 4. The molecule has 0 atom stereocenters. The van der Waals surface area contributed by atoms with Gasteiger partial charge in [0, 0.05) is 18.1 Å². The summed E-state index contributed by atoms with van der Waals surface area (Å²) in [7, 11) is 0. The van der Waals surface area contributed by atoms with E-state index in [0.29, 0.717) is 5.41 Å². The van der Waals surface area contributed by atoms with Crippen LogP contribution in [0.15, 0.2) is 11.6 Å². The van der Waals surface area contributed by atoms with Crippen molar-refractivity contribution in [2.24, 2.45) is 5.41 Å². The van der Waals surface area contributed by atoms with Crippen molar-refractivity contribution in [1.82, 2.24) is 15.2 Å². The first-order valence-electron chi connectivity index (χ1n) is 6.18. The lowest BCUT2D eigenvalue weighted by atomic mass is 9.78. The van der Waals surface area contributed by atoms with Crippen molar-refractivity contribution in [3.8, 4) is 0 Å². The molecule has 1 N–H and O–H groups in total. The molecule has 0 radical (unpaired) electrons. The maximum Gasteiger partial charge on any atom is 0.107 e. The first kappa shape index (κ1) is 10.7. The number of hydrogen-bond donors (Lipinski definition) is 1. The highest BCUT2D eigenvalue weighted by Gasteiger charge is 2.36. The Labute approximate surface area is 101 Å². The van der Waals surface area contributed by atoms with E-state index in [-0.39, 0.29) is 0 Å². The number of piperidine rings is 1. The molecule has 2 aliphatic rings. The van der Waals surface area contributed by atoms with Crippen molar-refractivity contribution < 1.29 is 0 Å². The van der Waals surface area contributed by atoms with E-state index in [0.717, 1.165) is 6.54 Å². The fraction of sp³-hybridized carbons (Fsp3) is 0.750. The van der Waals surface area contributed by atoms with Crippen molar-refractivity contribution in [2.45, 2.75) is 25.8 Å². The summed E-state index contributed by atoms with van der Waals surface area (Å²) in [5.41, 5.74) is 0.638. The van der Waals surface area contributed by atoms with Gasteiger partial charge in [0.2, 0.25) is 0 Å². The second-order valence-corrected chi connectivity index (χ2v) is 6.11. The van der Waals surface area contributed by atoms with Gasteiger partial charge in [-0.25, -0.2) is 4.98 Å². The smallest absolute Gasteiger partial charge is 0.107 e. The molecule has 0 saturated carbocycles. The molecule has 88 valence electrons. The molecular formula is C12H19N3S. The summed E-state index contributed by atoms with van der Waals surface area (Å²) >= 11 is 1.78. The third-order valence-electron chi connectivity index (χ3n) is 4.09. The largest absolute Gasteiger partial charge is 0.316 e. The molecule has 0 aliphatic carbocycles. The summed E-state index contributed by atoms with van der Waals surface area (Å²) in [6.45, 7) is 6.04. The first-order valence-corrected chi connectivity index (χ1v) is 7.06. The van der Waals surface area contributed by atoms with E-state index in [4.69, 9.17) is 0 Å². The monoisotopic (exact) mass is 237 g/mol. The average molecular weight is 237 g/mol. The zero-order chi connectivity index (χ0) is 10.8. The minimum Gasteiger partial charge on any atom is -0.316 e. The lowest BCUT2D eigenvalue weighted by Gasteiger charge is -2.38. The van der Waals surface area contributed by atoms with Gasteiger partial charge in [0.05, 0.1) is 6.54 Å². The zero-order valence-corrected chi connectivity index (χ0v) is 10.4. The van der Waals surface area contributed by atoms with Crippen LogP contribution < -0.4 is 5.32 Å². The van der Waals surface area contributed by atoms with E-state index in [1.807, 2.05) is 6.20 Å². The predicted octanol–water partition coefficient (Wildman–Crippen LogP) is 1.72. The summed E-state index contributed by atoms with van der Waals surface area (Å²) in [6, 6.07) is 0. The quantitative estimate of drug-likeness (QED) is 0.849. The van der Waals surface area contributed by atoms with Crippen LogP contribution in [-0.4, -0.2) is 36.1 Å². The number of nitrogens with one attached hydrogen (secondary N) is 1. The van der Waals surface area contributed by atoms with Crippen LogP contribution in [0.2, 0.25) is 0 Å². The van der Waals surface area contributed by atoms with E-state index in [1.54, 1.807) is 11.3 Å². The van der Waals surface area contributed by atoms with Gasteiger partial charge in [-0.1, -0.05) is 0 Å². The Bertz CT molecular complexity index is 320. The first-order chi connectivity index (χ1) is 7.86. The van der Waals surface area contributed by atoms with Crippen LogP contribution in [0.5, 0.6) is 0 Å². The molecule has 3 nitrogen and oxygen atoms in total. The lowest BCUT2D eigenvalue weighted by Crippen LogP contribution is -2.40. The second kappa shape index (κ2) is 4.43. The molecule has 16 heavy (non-hydrogen) atoms. The minimum absolute atomic E-state index is 0.638. The van der Waals surface area contributed by atoms with Gasteiger partial charge in [-0.05, 0) is 44.3 Å². The SMILES string of the molecule is c1csc(CN2CCC3(CCNC3)CC2)n1. The van der Waals surface area contributed by atoms with E-state index < -0.39 is 0 Å². The molecule has 1 aromatic heterocycles. The van der Waals surface area contributed by atoms with Gasteiger partial charge >= 0.3 is 0 Å². The summed E-state index contributed by atoms with van der Waals surface area (Å²) in [4.78, 5) is 6.92. The third-order valence-corrected chi connectivity index (χ3v) is 4.86. The Morgan fingerprint density at radius 1 is 1.38 bits per heavy atom. The van der Waals surface area contributed by atoms with Gasteiger partial charge in [0.1, 0.15) is 5.01 Å². The summed E-state index contributed by atoms with van der Waals surface area (Å²) < 4.78 is 0. The third kappa shape index (κ3) is 2.14. The van der Waals surface area contributed by atoms with Crippen molar-refractivity contribution >= 4 is 11.3 Å². The normalized spacial score (nSPS) is 25.2. The molecule has 0 unspecified atom stereocenters. The fourth-order valence-corrected chi connectivity index (χ4v) is 3.59. The van der Waals surface area contributed by atoms with Gasteiger partial charge in [0.25, 0.3) is 0 Å². The van der Waals surface area contributed by atoms with Gasteiger partial charge in [-0.15, -0.1) is 11.3 Å². The maximum absolute atomic E-state index is 4.36. The fourth-order valence-electron chi connectivity index (χ4n) is 2.93. The highest BCUT2D eigenvalue weighted by atomic mass is 32.1. The van der Waals surface area contributed by atoms with Crippen LogP contribution in [-0.2, 0) is 6.54 Å². The number of likely N-dealkylation sites (tertiary alicyclic amines) is 1. The molecule has 0 aromatic carbocycles. The molecular weight excluding hydrogens is 218 g/mol. The zero-order valence-electron chi connectivity index (χ0n) is 9.61. The van der Waals surface area contributed by atoms with Crippen LogP contribution in [0.4, 0.5) is 0 Å². The molecule has 2 fully saturated rings. The summed E-state index contributed by atoms with van der Waals surface area (Å²) in [6.07, 6.45) is 6.03. The van der Waals surface area contributed by atoms with Gasteiger partial charge in [-0.2, -0.15) is 0 Å². The lowest BCUT2D eigenvalue weighted by molar-refractivity contribution is 0.113. The molecule has 4 heteroatoms. The van der Waals surface area contributed by atoms with Gasteiger partial charge < -0.3 is 5.32 Å². The molecule has 0 bridgehead atoms. The number of thiazole rings is 1. The number of rotatable bonds is 2. The molecule has 2 saturated heterocycles. The van der Waals surface area contributed by atoms with E-state index >= 15 is 0 Å². The van der Waals surface area contributed by atoms with Crippen LogP contribution in [0.25, 0.3) is 0 Å². The summed E-state index contributed by atoms with van der Waals surface area (Å²) in [5, 5.41) is 6.85. The Morgan fingerprint density at radius 3 is 2.88 bits per heavy atom. The van der Waals surface area contributed by atoms with E-state index in [9.17, 15) is 0 Å².